The topological polar surface area (TPSA) is 59.2 Å². The van der Waals surface area contributed by atoms with E-state index in [4.69, 9.17) is 16.1 Å². The van der Waals surface area contributed by atoms with Gasteiger partial charge >= 0.3 is 0 Å². The van der Waals surface area contributed by atoms with Crippen molar-refractivity contribution in [1.82, 2.24) is 10.1 Å². The van der Waals surface area contributed by atoms with Crippen LogP contribution in [0.4, 0.5) is 5.69 Å². The van der Waals surface area contributed by atoms with Gasteiger partial charge < -0.3 is 9.42 Å². The molecular weight excluding hydrogens is 478 g/mol. The summed E-state index contributed by atoms with van der Waals surface area (Å²) in [4.78, 5) is 22.2. The summed E-state index contributed by atoms with van der Waals surface area (Å²) in [6, 6.07) is 21.7. The first kappa shape index (κ1) is 22.1. The monoisotopic (exact) mass is 499 g/mol. The maximum atomic E-state index is 13.6. The number of benzene rings is 3. The van der Waals surface area contributed by atoms with Gasteiger partial charge in [-0.25, -0.2) is 0 Å². The fourth-order valence-electron chi connectivity index (χ4n) is 4.74. The van der Waals surface area contributed by atoms with E-state index >= 15 is 0 Å². The first-order chi connectivity index (χ1) is 17.2. The Bertz CT molecular complexity index is 1440. The Morgan fingerprint density at radius 2 is 1.77 bits per heavy atom. The fraction of sp³-hybridized carbons (Fsp3) is 0.179. The molecule has 2 aliphatic rings. The fourth-order valence-corrected chi connectivity index (χ4v) is 6.04. The van der Waals surface area contributed by atoms with Crippen molar-refractivity contribution < 1.29 is 9.32 Å². The van der Waals surface area contributed by atoms with Crippen molar-refractivity contribution in [3.63, 3.8) is 0 Å². The molecule has 2 heterocycles. The predicted molar refractivity (Wildman–Crippen MR) is 140 cm³/mol. The number of rotatable bonds is 4. The van der Waals surface area contributed by atoms with Crippen LogP contribution in [0.3, 0.4) is 0 Å². The second-order valence-electron chi connectivity index (χ2n) is 8.71. The largest absolute Gasteiger partial charge is 0.334 e. The normalized spacial score (nSPS) is 15.9. The maximum absolute atomic E-state index is 13.6. The molecule has 7 heteroatoms. The number of carbonyl (C=O) groups is 1. The first-order valence-corrected chi connectivity index (χ1v) is 12.9. The number of carbonyl (C=O) groups excluding carboxylic acids is 1. The van der Waals surface area contributed by atoms with Crippen LogP contribution in [0.2, 0.25) is 5.02 Å². The molecule has 0 radical (unpaired) electrons. The zero-order valence-corrected chi connectivity index (χ0v) is 20.4. The molecule has 174 valence electrons. The zero-order valence-electron chi connectivity index (χ0n) is 18.9. The molecule has 0 atom stereocenters. The minimum Gasteiger partial charge on any atom is -0.334 e. The molecule has 1 aliphatic heterocycles. The van der Waals surface area contributed by atoms with E-state index in [9.17, 15) is 4.79 Å². The van der Waals surface area contributed by atoms with E-state index in [1.54, 1.807) is 17.8 Å². The van der Waals surface area contributed by atoms with Crippen molar-refractivity contribution in [3.05, 3.63) is 88.8 Å². The lowest BCUT2D eigenvalue weighted by atomic mass is 10.1. The number of nitrogens with zero attached hydrogens (tertiary/aromatic N) is 3. The maximum Gasteiger partial charge on any atom is 0.259 e. The number of aromatic nitrogens is 2. The van der Waals surface area contributed by atoms with E-state index in [2.05, 4.69) is 16.2 Å². The van der Waals surface area contributed by atoms with Crippen molar-refractivity contribution in [2.75, 3.05) is 4.90 Å². The highest BCUT2D eigenvalue weighted by atomic mass is 35.5. The molecule has 0 spiro atoms. The Balaban J connectivity index is 1.36. The molecule has 6 rings (SSSR count). The molecule has 1 saturated carbocycles. The first-order valence-electron chi connectivity index (χ1n) is 11.7. The Morgan fingerprint density at radius 3 is 2.63 bits per heavy atom. The third-order valence-corrected chi connectivity index (χ3v) is 7.94. The number of fused-ring (bicyclic) bond motifs is 2. The lowest BCUT2D eigenvalue weighted by Gasteiger charge is -2.29. The number of amides is 1. The number of anilines is 1. The van der Waals surface area contributed by atoms with Gasteiger partial charge in [-0.1, -0.05) is 71.7 Å². The summed E-state index contributed by atoms with van der Waals surface area (Å²) < 4.78 is 5.46. The van der Waals surface area contributed by atoms with Crippen LogP contribution < -0.4 is 4.90 Å². The van der Waals surface area contributed by atoms with Crippen LogP contribution in [0.5, 0.6) is 0 Å². The van der Waals surface area contributed by atoms with E-state index in [1.165, 1.54) is 0 Å². The minimum atomic E-state index is 0.0815. The van der Waals surface area contributed by atoms with Crippen molar-refractivity contribution in [1.29, 1.82) is 0 Å². The lowest BCUT2D eigenvalue weighted by molar-refractivity contribution is 0.0974. The van der Waals surface area contributed by atoms with Crippen molar-refractivity contribution in [2.45, 2.75) is 41.5 Å². The summed E-state index contributed by atoms with van der Waals surface area (Å²) in [5.74, 6) is 0.983. The molecular formula is C28H22ClN3O2S. The number of hydrogen-bond donors (Lipinski definition) is 0. The van der Waals surface area contributed by atoms with Crippen LogP contribution >= 0.6 is 23.4 Å². The standard InChI is InChI=1S/C28H22ClN3O2S/c29-22-11-5-1-7-18(22)14-16-26-30-27(31-34-26)19-13-15-23-25(17-19)35-24-12-6-4-10-21(24)28(33)32(23)20-8-2-3-9-20/h1,4-7,10-17,20H,2-3,8-9H2. The molecule has 0 bridgehead atoms. The van der Waals surface area contributed by atoms with Crippen LogP contribution in [0.25, 0.3) is 23.5 Å². The van der Waals surface area contributed by atoms with E-state index in [-0.39, 0.29) is 11.9 Å². The summed E-state index contributed by atoms with van der Waals surface area (Å²) in [7, 11) is 0. The van der Waals surface area contributed by atoms with Gasteiger partial charge in [-0.05, 0) is 60.9 Å². The summed E-state index contributed by atoms with van der Waals surface area (Å²) in [6.07, 6.45) is 7.99. The summed E-state index contributed by atoms with van der Waals surface area (Å²) in [6.45, 7) is 0. The van der Waals surface area contributed by atoms with Crippen LogP contribution in [0.1, 0.15) is 47.5 Å². The molecule has 0 unspecified atom stereocenters. The summed E-state index contributed by atoms with van der Waals surface area (Å²) >= 11 is 7.85. The lowest BCUT2D eigenvalue weighted by Crippen LogP contribution is -2.39. The molecule has 0 N–H and O–H groups in total. The van der Waals surface area contributed by atoms with Gasteiger partial charge in [0.05, 0.1) is 11.3 Å². The average Bonchev–Trinajstić information content (AvgIpc) is 3.56. The van der Waals surface area contributed by atoms with Gasteiger partial charge in [-0.2, -0.15) is 4.98 Å². The molecule has 3 aromatic carbocycles. The van der Waals surface area contributed by atoms with Gasteiger partial charge in [0.1, 0.15) is 0 Å². The Hall–Kier alpha value is -3.35. The Kier molecular flexibility index (Phi) is 5.92. The molecule has 1 amide bonds. The molecule has 1 aliphatic carbocycles. The third kappa shape index (κ3) is 4.28. The van der Waals surface area contributed by atoms with Crippen LogP contribution in [0, 0.1) is 0 Å². The molecule has 4 aromatic rings. The predicted octanol–water partition coefficient (Wildman–Crippen LogP) is 7.61. The molecule has 0 saturated heterocycles. The molecule has 1 fully saturated rings. The summed E-state index contributed by atoms with van der Waals surface area (Å²) in [5.41, 5.74) is 3.43. The highest BCUT2D eigenvalue weighted by Crippen LogP contribution is 2.45. The van der Waals surface area contributed by atoms with E-state index in [0.717, 1.165) is 57.9 Å². The second-order valence-corrected chi connectivity index (χ2v) is 10.2. The highest BCUT2D eigenvalue weighted by molar-refractivity contribution is 7.99. The summed E-state index contributed by atoms with van der Waals surface area (Å²) in [5, 5.41) is 4.85. The van der Waals surface area contributed by atoms with Crippen LogP contribution in [-0.2, 0) is 0 Å². The van der Waals surface area contributed by atoms with Gasteiger partial charge in [0, 0.05) is 32.5 Å². The third-order valence-electron chi connectivity index (χ3n) is 6.48. The SMILES string of the molecule is O=C1c2ccccc2Sc2cc(-c3noc(C=Cc4ccccc4Cl)n3)ccc2N1C1CCCC1. The van der Waals surface area contributed by atoms with E-state index < -0.39 is 0 Å². The number of halogens is 1. The molecule has 35 heavy (non-hydrogen) atoms. The Labute approximate surface area is 212 Å². The van der Waals surface area contributed by atoms with Gasteiger partial charge in [-0.3, -0.25) is 4.79 Å². The van der Waals surface area contributed by atoms with Crippen LogP contribution in [-0.4, -0.2) is 22.1 Å². The van der Waals surface area contributed by atoms with Crippen molar-refractivity contribution >= 4 is 47.1 Å². The minimum absolute atomic E-state index is 0.0815. The van der Waals surface area contributed by atoms with Gasteiger partial charge in [0.15, 0.2) is 0 Å². The quantitative estimate of drug-likeness (QED) is 0.289. The van der Waals surface area contributed by atoms with Crippen molar-refractivity contribution in [2.24, 2.45) is 0 Å². The zero-order chi connectivity index (χ0) is 23.8. The van der Waals surface area contributed by atoms with Crippen molar-refractivity contribution in [3.8, 4) is 11.4 Å². The van der Waals surface area contributed by atoms with Gasteiger partial charge in [-0.15, -0.1) is 0 Å². The smallest absolute Gasteiger partial charge is 0.259 e. The molecule has 1 aromatic heterocycles. The Morgan fingerprint density at radius 1 is 0.971 bits per heavy atom. The van der Waals surface area contributed by atoms with Crippen LogP contribution in [0.15, 0.2) is 81.0 Å². The second kappa shape index (κ2) is 9.36. The van der Waals surface area contributed by atoms with Gasteiger partial charge in [0.2, 0.25) is 5.82 Å². The van der Waals surface area contributed by atoms with Gasteiger partial charge in [0.25, 0.3) is 11.8 Å². The van der Waals surface area contributed by atoms with E-state index in [0.29, 0.717) is 16.7 Å². The highest BCUT2D eigenvalue weighted by Gasteiger charge is 2.34. The molecule has 5 nitrogen and oxygen atoms in total. The van der Waals surface area contributed by atoms with E-state index in [1.807, 2.05) is 71.6 Å². The number of hydrogen-bond acceptors (Lipinski definition) is 5. The average molecular weight is 500 g/mol.